The van der Waals surface area contributed by atoms with E-state index in [4.69, 9.17) is 4.74 Å². The zero-order chi connectivity index (χ0) is 22.2. The van der Waals surface area contributed by atoms with Crippen molar-refractivity contribution in [1.29, 1.82) is 0 Å². The molecule has 2 aromatic carbocycles. The smallest absolute Gasteiger partial charge is 0.244 e. The van der Waals surface area contributed by atoms with Gasteiger partial charge in [0.1, 0.15) is 5.75 Å². The van der Waals surface area contributed by atoms with Crippen LogP contribution in [0.15, 0.2) is 91.5 Å². The Kier molecular flexibility index (Phi) is 6.67. The molecule has 0 bridgehead atoms. The van der Waals surface area contributed by atoms with Gasteiger partial charge in [0.25, 0.3) is 0 Å². The molecule has 0 saturated heterocycles. The molecule has 0 atom stereocenters. The highest BCUT2D eigenvalue weighted by atomic mass is 19.1. The second-order valence-corrected chi connectivity index (χ2v) is 7.00. The standard InChI is InChI=1S/C25H21FN4O2/c26-23-15-19(8-10-24(23)32-22-7-3-12-27-17-22)9-11-25(31)28-16-20-5-1-2-6-21(20)18-30-14-4-13-29-30/h1-15,17H,16,18H2,(H,28,31)/b11-9+. The molecule has 7 heteroatoms. The normalized spacial score (nSPS) is 10.9. The summed E-state index contributed by atoms with van der Waals surface area (Å²) in [6.07, 6.45) is 9.68. The third-order valence-corrected chi connectivity index (χ3v) is 4.71. The Balaban J connectivity index is 1.34. The fourth-order valence-corrected chi connectivity index (χ4v) is 3.10. The number of carbonyl (C=O) groups excluding carboxylic acids is 1. The Labute approximate surface area is 185 Å². The van der Waals surface area contributed by atoms with Crippen molar-refractivity contribution in [3.05, 3.63) is 114 Å². The van der Waals surface area contributed by atoms with Gasteiger partial charge in [-0.05, 0) is 53.1 Å². The maximum atomic E-state index is 14.3. The number of halogens is 1. The number of benzene rings is 2. The Bertz CT molecular complexity index is 1210. The summed E-state index contributed by atoms with van der Waals surface area (Å²) in [5, 5.41) is 7.09. The van der Waals surface area contributed by atoms with Crippen LogP contribution in [0.1, 0.15) is 16.7 Å². The molecular weight excluding hydrogens is 407 g/mol. The van der Waals surface area contributed by atoms with E-state index in [0.29, 0.717) is 24.4 Å². The second-order valence-electron chi connectivity index (χ2n) is 7.00. The average molecular weight is 428 g/mol. The van der Waals surface area contributed by atoms with Crippen LogP contribution in [0.25, 0.3) is 6.08 Å². The van der Waals surface area contributed by atoms with Gasteiger partial charge in [-0.15, -0.1) is 0 Å². The van der Waals surface area contributed by atoms with Crippen molar-refractivity contribution in [2.45, 2.75) is 13.1 Å². The molecule has 1 amide bonds. The maximum Gasteiger partial charge on any atom is 0.244 e. The summed E-state index contributed by atoms with van der Waals surface area (Å²) < 4.78 is 21.7. The molecule has 4 rings (SSSR count). The molecule has 0 aliphatic rings. The zero-order valence-corrected chi connectivity index (χ0v) is 17.2. The maximum absolute atomic E-state index is 14.3. The molecule has 0 fully saturated rings. The lowest BCUT2D eigenvalue weighted by atomic mass is 10.1. The zero-order valence-electron chi connectivity index (χ0n) is 17.2. The Morgan fingerprint density at radius 2 is 1.94 bits per heavy atom. The number of hydrogen-bond donors (Lipinski definition) is 1. The predicted octanol–water partition coefficient (Wildman–Crippen LogP) is 4.59. The molecule has 0 radical (unpaired) electrons. The molecular formula is C25H21FN4O2. The van der Waals surface area contributed by atoms with E-state index in [1.165, 1.54) is 24.4 Å². The van der Waals surface area contributed by atoms with Crippen molar-refractivity contribution < 1.29 is 13.9 Å². The number of hydrogen-bond acceptors (Lipinski definition) is 4. The minimum atomic E-state index is -0.524. The number of amides is 1. The van der Waals surface area contributed by atoms with Gasteiger partial charge in [-0.1, -0.05) is 30.3 Å². The number of ether oxygens (including phenoxy) is 1. The quantitative estimate of drug-likeness (QED) is 0.417. The lowest BCUT2D eigenvalue weighted by Gasteiger charge is -2.10. The molecule has 4 aromatic rings. The van der Waals surface area contributed by atoms with E-state index in [1.807, 2.05) is 41.2 Å². The van der Waals surface area contributed by atoms with Gasteiger partial charge < -0.3 is 10.1 Å². The highest BCUT2D eigenvalue weighted by Crippen LogP contribution is 2.24. The third-order valence-electron chi connectivity index (χ3n) is 4.71. The van der Waals surface area contributed by atoms with Crippen LogP contribution in [0.2, 0.25) is 0 Å². The van der Waals surface area contributed by atoms with Crippen molar-refractivity contribution in [1.82, 2.24) is 20.1 Å². The van der Waals surface area contributed by atoms with E-state index >= 15 is 0 Å². The molecule has 32 heavy (non-hydrogen) atoms. The minimum absolute atomic E-state index is 0.0911. The molecule has 1 N–H and O–H groups in total. The van der Waals surface area contributed by atoms with E-state index in [9.17, 15) is 9.18 Å². The SMILES string of the molecule is O=C(/C=C/c1ccc(Oc2cccnc2)c(F)c1)NCc1ccccc1Cn1cccn1. The second kappa shape index (κ2) is 10.2. The van der Waals surface area contributed by atoms with E-state index in [1.54, 1.807) is 36.7 Å². The molecule has 0 aliphatic heterocycles. The highest BCUT2D eigenvalue weighted by Gasteiger charge is 2.07. The summed E-state index contributed by atoms with van der Waals surface area (Å²) in [7, 11) is 0. The van der Waals surface area contributed by atoms with Crippen LogP contribution in [0.3, 0.4) is 0 Å². The first-order valence-corrected chi connectivity index (χ1v) is 10.0. The van der Waals surface area contributed by atoms with Crippen molar-refractivity contribution in [2.24, 2.45) is 0 Å². The first-order valence-electron chi connectivity index (χ1n) is 10.0. The summed E-state index contributed by atoms with van der Waals surface area (Å²) in [6, 6.07) is 17.7. The Morgan fingerprint density at radius 1 is 1.06 bits per heavy atom. The topological polar surface area (TPSA) is 69.0 Å². The fraction of sp³-hybridized carbons (Fsp3) is 0.0800. The average Bonchev–Trinajstić information content (AvgIpc) is 3.32. The van der Waals surface area contributed by atoms with Crippen molar-refractivity contribution >= 4 is 12.0 Å². The lowest BCUT2D eigenvalue weighted by Crippen LogP contribution is -2.21. The van der Waals surface area contributed by atoms with Gasteiger partial charge in [-0.3, -0.25) is 14.5 Å². The van der Waals surface area contributed by atoms with Gasteiger partial charge in [0.05, 0.1) is 12.7 Å². The van der Waals surface area contributed by atoms with E-state index < -0.39 is 5.82 Å². The van der Waals surface area contributed by atoms with Crippen LogP contribution < -0.4 is 10.1 Å². The molecule has 2 heterocycles. The number of rotatable bonds is 8. The van der Waals surface area contributed by atoms with E-state index in [-0.39, 0.29) is 11.7 Å². The molecule has 0 saturated carbocycles. The Morgan fingerprint density at radius 3 is 2.69 bits per heavy atom. The molecule has 0 unspecified atom stereocenters. The Hall–Kier alpha value is -4.26. The fourth-order valence-electron chi connectivity index (χ4n) is 3.10. The summed E-state index contributed by atoms with van der Waals surface area (Å²) in [5.41, 5.74) is 2.63. The van der Waals surface area contributed by atoms with Gasteiger partial charge in [-0.25, -0.2) is 4.39 Å². The summed E-state index contributed by atoms with van der Waals surface area (Å²) >= 11 is 0. The number of aromatic nitrogens is 3. The van der Waals surface area contributed by atoms with Gasteiger partial charge >= 0.3 is 0 Å². The largest absolute Gasteiger partial charge is 0.453 e. The molecule has 0 spiro atoms. The van der Waals surface area contributed by atoms with Crippen LogP contribution in [0.4, 0.5) is 4.39 Å². The first kappa shape index (κ1) is 21.0. The van der Waals surface area contributed by atoms with Gasteiger partial charge in [0.15, 0.2) is 11.6 Å². The van der Waals surface area contributed by atoms with Crippen LogP contribution >= 0.6 is 0 Å². The van der Waals surface area contributed by atoms with Crippen molar-refractivity contribution in [2.75, 3.05) is 0 Å². The molecule has 6 nitrogen and oxygen atoms in total. The minimum Gasteiger partial charge on any atom is -0.453 e. The van der Waals surface area contributed by atoms with E-state index in [2.05, 4.69) is 15.4 Å². The summed E-state index contributed by atoms with van der Waals surface area (Å²) in [6.45, 7) is 1.01. The van der Waals surface area contributed by atoms with Gasteiger partial charge in [0.2, 0.25) is 5.91 Å². The van der Waals surface area contributed by atoms with Gasteiger partial charge in [0, 0.05) is 31.2 Å². The summed E-state index contributed by atoms with van der Waals surface area (Å²) in [5.74, 6) is -0.255. The van der Waals surface area contributed by atoms with E-state index in [0.717, 1.165) is 11.1 Å². The molecule has 0 aliphatic carbocycles. The third kappa shape index (κ3) is 5.66. The number of carbonyl (C=O) groups is 1. The predicted molar refractivity (Wildman–Crippen MR) is 119 cm³/mol. The van der Waals surface area contributed by atoms with Crippen molar-refractivity contribution in [3.8, 4) is 11.5 Å². The molecule has 2 aromatic heterocycles. The highest BCUT2D eigenvalue weighted by molar-refractivity contribution is 5.91. The van der Waals surface area contributed by atoms with Crippen LogP contribution in [-0.4, -0.2) is 20.7 Å². The monoisotopic (exact) mass is 428 g/mol. The van der Waals surface area contributed by atoms with Crippen LogP contribution in [-0.2, 0) is 17.9 Å². The molecule has 160 valence electrons. The number of nitrogens with zero attached hydrogens (tertiary/aromatic N) is 3. The van der Waals surface area contributed by atoms with Crippen LogP contribution in [0.5, 0.6) is 11.5 Å². The lowest BCUT2D eigenvalue weighted by molar-refractivity contribution is -0.116. The number of pyridine rings is 1. The summed E-state index contributed by atoms with van der Waals surface area (Å²) in [4.78, 5) is 16.2. The first-order chi connectivity index (χ1) is 15.7. The van der Waals surface area contributed by atoms with Crippen LogP contribution in [0, 0.1) is 5.82 Å². The van der Waals surface area contributed by atoms with Gasteiger partial charge in [-0.2, -0.15) is 5.10 Å². The number of nitrogens with one attached hydrogen (secondary N) is 1. The van der Waals surface area contributed by atoms with Crippen molar-refractivity contribution in [3.63, 3.8) is 0 Å².